The second kappa shape index (κ2) is 4.12. The first kappa shape index (κ1) is 10.9. The van der Waals surface area contributed by atoms with Crippen molar-refractivity contribution in [2.45, 2.75) is 30.9 Å². The minimum Gasteiger partial charge on any atom is -0.376 e. The van der Waals surface area contributed by atoms with Crippen LogP contribution in [0.3, 0.4) is 0 Å². The molecule has 2 N–H and O–H groups in total. The van der Waals surface area contributed by atoms with E-state index in [0.717, 1.165) is 23.4 Å². The summed E-state index contributed by atoms with van der Waals surface area (Å²) in [4.78, 5) is 0. The molecule has 1 aliphatic rings. The minimum atomic E-state index is -0.162. The molecule has 0 radical (unpaired) electrons. The number of benzene rings is 1. The van der Waals surface area contributed by atoms with E-state index in [2.05, 4.69) is 0 Å². The van der Waals surface area contributed by atoms with Crippen molar-refractivity contribution in [1.82, 2.24) is 0 Å². The zero-order valence-electron chi connectivity index (χ0n) is 8.87. The number of rotatable bonds is 3. The number of hydrogen-bond acceptors (Lipinski definition) is 2. The van der Waals surface area contributed by atoms with E-state index < -0.39 is 0 Å². The first-order chi connectivity index (χ1) is 7.18. The largest absolute Gasteiger partial charge is 0.376 e. The maximum absolute atomic E-state index is 6.23. The SMILES string of the molecule is COC1(C(N)c2cccc(Cl)c2)CCC1. The van der Waals surface area contributed by atoms with Crippen molar-refractivity contribution < 1.29 is 4.74 Å². The van der Waals surface area contributed by atoms with Crippen LogP contribution in [0.2, 0.25) is 5.02 Å². The monoisotopic (exact) mass is 225 g/mol. The molecule has 0 bridgehead atoms. The quantitative estimate of drug-likeness (QED) is 0.859. The van der Waals surface area contributed by atoms with E-state index in [1.54, 1.807) is 7.11 Å². The van der Waals surface area contributed by atoms with Gasteiger partial charge in [-0.05, 0) is 37.0 Å². The lowest BCUT2D eigenvalue weighted by Crippen LogP contribution is -2.48. The summed E-state index contributed by atoms with van der Waals surface area (Å²) in [6, 6.07) is 7.65. The minimum absolute atomic E-state index is 0.0741. The van der Waals surface area contributed by atoms with Crippen LogP contribution in [0.1, 0.15) is 30.9 Å². The maximum Gasteiger partial charge on any atom is 0.0870 e. The van der Waals surface area contributed by atoms with E-state index in [1.165, 1.54) is 6.42 Å². The Bertz CT molecular complexity index is 344. The summed E-state index contributed by atoms with van der Waals surface area (Å²) in [6.07, 6.45) is 3.27. The van der Waals surface area contributed by atoms with Gasteiger partial charge in [0.25, 0.3) is 0 Å². The number of halogens is 1. The van der Waals surface area contributed by atoms with Crippen LogP contribution >= 0.6 is 11.6 Å². The zero-order chi connectivity index (χ0) is 10.9. The summed E-state index contributed by atoms with van der Waals surface area (Å²) in [5, 5.41) is 0.730. The molecule has 0 aromatic heterocycles. The van der Waals surface area contributed by atoms with Crippen LogP contribution in [0.4, 0.5) is 0 Å². The molecule has 1 unspecified atom stereocenters. The van der Waals surface area contributed by atoms with Crippen LogP contribution in [-0.2, 0) is 4.74 Å². The van der Waals surface area contributed by atoms with Gasteiger partial charge in [-0.25, -0.2) is 0 Å². The van der Waals surface area contributed by atoms with Crippen molar-refractivity contribution in [3.8, 4) is 0 Å². The van der Waals surface area contributed by atoms with Gasteiger partial charge in [0.1, 0.15) is 0 Å². The fraction of sp³-hybridized carbons (Fsp3) is 0.500. The van der Waals surface area contributed by atoms with Crippen molar-refractivity contribution >= 4 is 11.6 Å². The third kappa shape index (κ3) is 1.89. The van der Waals surface area contributed by atoms with E-state index in [9.17, 15) is 0 Å². The number of ether oxygens (including phenoxy) is 1. The summed E-state index contributed by atoms with van der Waals surface area (Å²) in [5.41, 5.74) is 7.13. The van der Waals surface area contributed by atoms with Gasteiger partial charge in [0.2, 0.25) is 0 Å². The molecule has 0 amide bonds. The molecule has 0 saturated heterocycles. The molecule has 82 valence electrons. The molecular weight excluding hydrogens is 210 g/mol. The average molecular weight is 226 g/mol. The summed E-state index contributed by atoms with van der Waals surface area (Å²) in [5.74, 6) is 0. The highest BCUT2D eigenvalue weighted by atomic mass is 35.5. The molecule has 2 nitrogen and oxygen atoms in total. The molecule has 1 saturated carbocycles. The number of nitrogens with two attached hydrogens (primary N) is 1. The van der Waals surface area contributed by atoms with Gasteiger partial charge in [-0.2, -0.15) is 0 Å². The van der Waals surface area contributed by atoms with Crippen molar-refractivity contribution in [3.05, 3.63) is 34.9 Å². The molecule has 0 heterocycles. The first-order valence-electron chi connectivity index (χ1n) is 5.24. The van der Waals surface area contributed by atoms with Crippen molar-refractivity contribution in [1.29, 1.82) is 0 Å². The van der Waals surface area contributed by atoms with Crippen LogP contribution in [-0.4, -0.2) is 12.7 Å². The normalized spacial score (nSPS) is 20.7. The Morgan fingerprint density at radius 2 is 2.20 bits per heavy atom. The maximum atomic E-state index is 6.23. The smallest absolute Gasteiger partial charge is 0.0870 e. The molecule has 1 aliphatic carbocycles. The summed E-state index contributed by atoms with van der Waals surface area (Å²) >= 11 is 5.95. The highest BCUT2D eigenvalue weighted by Gasteiger charge is 2.43. The van der Waals surface area contributed by atoms with Gasteiger partial charge < -0.3 is 10.5 Å². The molecule has 1 aromatic rings. The van der Waals surface area contributed by atoms with Gasteiger partial charge >= 0.3 is 0 Å². The zero-order valence-corrected chi connectivity index (χ0v) is 9.63. The van der Waals surface area contributed by atoms with Crippen molar-refractivity contribution in [2.24, 2.45) is 5.73 Å². The topological polar surface area (TPSA) is 35.2 Å². The lowest BCUT2D eigenvalue weighted by molar-refractivity contribution is -0.0911. The van der Waals surface area contributed by atoms with Gasteiger partial charge in [0, 0.05) is 12.1 Å². The van der Waals surface area contributed by atoms with E-state index in [0.29, 0.717) is 0 Å². The predicted octanol–water partition coefficient (Wildman–Crippen LogP) is 2.91. The standard InChI is InChI=1S/C12H16ClNO/c1-15-12(6-3-7-12)11(14)9-4-2-5-10(13)8-9/h2,4-5,8,11H,3,6-7,14H2,1H3. The van der Waals surface area contributed by atoms with Gasteiger partial charge in [-0.1, -0.05) is 23.7 Å². The Kier molecular flexibility index (Phi) is 3.01. The molecule has 15 heavy (non-hydrogen) atoms. The fourth-order valence-corrected chi connectivity index (χ4v) is 2.37. The highest BCUT2D eigenvalue weighted by molar-refractivity contribution is 6.30. The van der Waals surface area contributed by atoms with Crippen LogP contribution < -0.4 is 5.73 Å². The summed E-state index contributed by atoms with van der Waals surface area (Å²) in [7, 11) is 1.74. The summed E-state index contributed by atoms with van der Waals surface area (Å²) < 4.78 is 5.56. The highest BCUT2D eigenvalue weighted by Crippen LogP contribution is 2.43. The van der Waals surface area contributed by atoms with E-state index in [4.69, 9.17) is 22.1 Å². The predicted molar refractivity (Wildman–Crippen MR) is 62.0 cm³/mol. The number of methoxy groups -OCH3 is 1. The Morgan fingerprint density at radius 3 is 2.67 bits per heavy atom. The molecule has 0 spiro atoms. The lowest BCUT2D eigenvalue weighted by atomic mass is 9.72. The molecule has 0 aliphatic heterocycles. The second-order valence-electron chi connectivity index (χ2n) is 4.16. The second-order valence-corrected chi connectivity index (χ2v) is 4.59. The Morgan fingerprint density at radius 1 is 1.47 bits per heavy atom. The fourth-order valence-electron chi connectivity index (χ4n) is 2.17. The van der Waals surface area contributed by atoms with Crippen LogP contribution in [0, 0.1) is 0 Å². The van der Waals surface area contributed by atoms with Crippen LogP contribution in [0.15, 0.2) is 24.3 Å². The van der Waals surface area contributed by atoms with Crippen LogP contribution in [0.25, 0.3) is 0 Å². The number of hydrogen-bond donors (Lipinski definition) is 1. The lowest BCUT2D eigenvalue weighted by Gasteiger charge is -2.45. The van der Waals surface area contributed by atoms with E-state index in [-0.39, 0.29) is 11.6 Å². The van der Waals surface area contributed by atoms with Gasteiger partial charge in [0.15, 0.2) is 0 Å². The molecular formula is C12H16ClNO. The first-order valence-corrected chi connectivity index (χ1v) is 5.62. The van der Waals surface area contributed by atoms with E-state index in [1.807, 2.05) is 24.3 Å². The van der Waals surface area contributed by atoms with E-state index >= 15 is 0 Å². The van der Waals surface area contributed by atoms with Gasteiger partial charge in [-0.3, -0.25) is 0 Å². The third-order valence-corrected chi connectivity index (χ3v) is 3.62. The van der Waals surface area contributed by atoms with Crippen molar-refractivity contribution in [2.75, 3.05) is 7.11 Å². The third-order valence-electron chi connectivity index (χ3n) is 3.38. The van der Waals surface area contributed by atoms with Gasteiger partial charge in [0.05, 0.1) is 11.6 Å². The van der Waals surface area contributed by atoms with Crippen molar-refractivity contribution in [3.63, 3.8) is 0 Å². The molecule has 2 rings (SSSR count). The molecule has 1 atom stereocenters. The average Bonchev–Trinajstić information content (AvgIpc) is 2.17. The Balaban J connectivity index is 2.23. The van der Waals surface area contributed by atoms with Crippen LogP contribution in [0.5, 0.6) is 0 Å². The summed E-state index contributed by atoms with van der Waals surface area (Å²) in [6.45, 7) is 0. The molecule has 1 fully saturated rings. The molecule has 3 heteroatoms. The Labute approximate surface area is 95.4 Å². The Hall–Kier alpha value is -0.570. The molecule has 1 aromatic carbocycles. The van der Waals surface area contributed by atoms with Gasteiger partial charge in [-0.15, -0.1) is 0 Å².